The summed E-state index contributed by atoms with van der Waals surface area (Å²) in [4.78, 5) is 24.2. The molecule has 3 rings (SSSR count). The van der Waals surface area contributed by atoms with Gasteiger partial charge in [-0.05, 0) is 62.2 Å². The second-order valence-corrected chi connectivity index (χ2v) is 7.91. The van der Waals surface area contributed by atoms with Gasteiger partial charge in [0.2, 0.25) is 0 Å². The van der Waals surface area contributed by atoms with Crippen LogP contribution in [-0.2, 0) is 17.8 Å². The molecule has 0 aliphatic carbocycles. The normalized spacial score (nSPS) is 11.0. The molecule has 0 atom stereocenters. The van der Waals surface area contributed by atoms with E-state index in [4.69, 9.17) is 4.74 Å². The summed E-state index contributed by atoms with van der Waals surface area (Å²) in [6, 6.07) is 16.6. The Morgan fingerprint density at radius 3 is 2.27 bits per heavy atom. The summed E-state index contributed by atoms with van der Waals surface area (Å²) in [6.45, 7) is 6.54. The highest BCUT2D eigenvalue weighted by Gasteiger charge is 2.16. The molecule has 2 aromatic carbocycles. The van der Waals surface area contributed by atoms with Gasteiger partial charge < -0.3 is 10.1 Å². The molecule has 2 N–H and O–H groups in total. The van der Waals surface area contributed by atoms with Gasteiger partial charge in [0.25, 0.3) is 5.91 Å². The summed E-state index contributed by atoms with van der Waals surface area (Å²) in [6.07, 6.45) is 3.14. The Morgan fingerprint density at radius 2 is 1.67 bits per heavy atom. The predicted molar refractivity (Wildman–Crippen MR) is 115 cm³/mol. The van der Waals surface area contributed by atoms with Crippen molar-refractivity contribution in [3.8, 4) is 0 Å². The number of aromatic nitrogens is 2. The van der Waals surface area contributed by atoms with Gasteiger partial charge in [0.1, 0.15) is 5.60 Å². The van der Waals surface area contributed by atoms with Gasteiger partial charge >= 0.3 is 6.09 Å². The monoisotopic (exact) mass is 406 g/mol. The highest BCUT2D eigenvalue weighted by Crippen LogP contribution is 2.13. The van der Waals surface area contributed by atoms with Crippen molar-refractivity contribution in [3.63, 3.8) is 0 Å². The fraction of sp³-hybridized carbons (Fsp3) is 0.261. The van der Waals surface area contributed by atoms with E-state index in [1.165, 1.54) is 0 Å². The van der Waals surface area contributed by atoms with E-state index < -0.39 is 11.7 Å². The first-order chi connectivity index (χ1) is 14.3. The van der Waals surface area contributed by atoms with E-state index >= 15 is 0 Å². The molecule has 0 unspecified atom stereocenters. The quantitative estimate of drug-likeness (QED) is 0.642. The van der Waals surface area contributed by atoms with E-state index in [0.717, 1.165) is 11.1 Å². The number of benzene rings is 2. The molecule has 0 spiro atoms. The maximum absolute atomic E-state index is 12.4. The van der Waals surface area contributed by atoms with Crippen molar-refractivity contribution in [2.45, 2.75) is 39.5 Å². The number of nitrogens with one attached hydrogen (secondary N) is 2. The lowest BCUT2D eigenvalue weighted by atomic mass is 10.1. The molecule has 1 aromatic heterocycles. The number of nitrogens with zero attached hydrogens (tertiary/aromatic N) is 2. The number of ether oxygens (including phenoxy) is 1. The minimum absolute atomic E-state index is 0.181. The van der Waals surface area contributed by atoms with Gasteiger partial charge in [0.05, 0.1) is 6.54 Å². The zero-order valence-electron chi connectivity index (χ0n) is 17.4. The third kappa shape index (κ3) is 6.48. The number of amides is 2. The highest BCUT2D eigenvalue weighted by atomic mass is 16.6. The number of hydrogen-bond acceptors (Lipinski definition) is 4. The number of hydrogen-bond donors (Lipinski definition) is 2. The fourth-order valence-corrected chi connectivity index (χ4v) is 2.75. The van der Waals surface area contributed by atoms with Crippen LogP contribution >= 0.6 is 0 Å². The van der Waals surface area contributed by atoms with Crippen molar-refractivity contribution >= 4 is 17.7 Å². The number of rotatable bonds is 6. The third-order valence-electron chi connectivity index (χ3n) is 4.17. The minimum atomic E-state index is -0.568. The van der Waals surface area contributed by atoms with Crippen LogP contribution in [0, 0.1) is 0 Å². The molecule has 7 heteroatoms. The van der Waals surface area contributed by atoms with Crippen molar-refractivity contribution in [2.24, 2.45) is 0 Å². The standard InChI is InChI=1S/C23H26N4O3/c1-23(2,3)30-22(29)26-20-11-9-19(10-12-20)21(28)24-15-17-5-7-18(8-6-17)16-27-14-4-13-25-27/h4-14H,15-16H2,1-3H3,(H,24,28)(H,26,29). The van der Waals surface area contributed by atoms with Gasteiger partial charge in [-0.15, -0.1) is 0 Å². The van der Waals surface area contributed by atoms with Crippen molar-refractivity contribution < 1.29 is 14.3 Å². The summed E-state index contributed by atoms with van der Waals surface area (Å²) in [5, 5.41) is 9.74. The largest absolute Gasteiger partial charge is 0.444 e. The van der Waals surface area contributed by atoms with E-state index in [-0.39, 0.29) is 5.91 Å². The van der Waals surface area contributed by atoms with Crippen LogP contribution in [0.15, 0.2) is 67.0 Å². The average molecular weight is 406 g/mol. The van der Waals surface area contributed by atoms with Crippen LogP contribution in [0.1, 0.15) is 42.3 Å². The van der Waals surface area contributed by atoms with E-state index in [2.05, 4.69) is 15.7 Å². The van der Waals surface area contributed by atoms with Crippen molar-refractivity contribution in [1.29, 1.82) is 0 Å². The molecule has 0 radical (unpaired) electrons. The molecule has 30 heavy (non-hydrogen) atoms. The molecule has 156 valence electrons. The van der Waals surface area contributed by atoms with Crippen molar-refractivity contribution in [2.75, 3.05) is 5.32 Å². The highest BCUT2D eigenvalue weighted by molar-refractivity contribution is 5.95. The Balaban J connectivity index is 1.49. The summed E-state index contributed by atoms with van der Waals surface area (Å²) in [5.41, 5.74) is 2.66. The van der Waals surface area contributed by atoms with Crippen molar-refractivity contribution in [1.82, 2.24) is 15.1 Å². The van der Waals surface area contributed by atoms with Crippen LogP contribution < -0.4 is 10.6 Å². The Bertz CT molecular complexity index is 973. The Hall–Kier alpha value is -3.61. The number of carbonyl (C=O) groups is 2. The first kappa shape index (κ1) is 21.1. The third-order valence-corrected chi connectivity index (χ3v) is 4.17. The van der Waals surface area contributed by atoms with Gasteiger partial charge in [-0.25, -0.2) is 4.79 Å². The van der Waals surface area contributed by atoms with Gasteiger partial charge in [-0.3, -0.25) is 14.8 Å². The maximum Gasteiger partial charge on any atom is 0.412 e. The zero-order valence-corrected chi connectivity index (χ0v) is 17.4. The van der Waals surface area contributed by atoms with Gasteiger partial charge in [0.15, 0.2) is 0 Å². The van der Waals surface area contributed by atoms with Gasteiger partial charge in [-0.1, -0.05) is 24.3 Å². The second-order valence-electron chi connectivity index (χ2n) is 7.91. The molecular formula is C23H26N4O3. The van der Waals surface area contributed by atoms with Crippen LogP contribution in [0.2, 0.25) is 0 Å². The molecule has 0 bridgehead atoms. The Labute approximate surface area is 176 Å². The lowest BCUT2D eigenvalue weighted by Crippen LogP contribution is -2.27. The molecule has 3 aromatic rings. The smallest absolute Gasteiger partial charge is 0.412 e. The summed E-state index contributed by atoms with van der Waals surface area (Å²) >= 11 is 0. The summed E-state index contributed by atoms with van der Waals surface area (Å²) < 4.78 is 7.07. The SMILES string of the molecule is CC(C)(C)OC(=O)Nc1ccc(C(=O)NCc2ccc(Cn3cccn3)cc2)cc1. The molecule has 7 nitrogen and oxygen atoms in total. The number of anilines is 1. The molecule has 0 aliphatic rings. The predicted octanol–water partition coefficient (Wildman–Crippen LogP) is 4.21. The summed E-state index contributed by atoms with van der Waals surface area (Å²) in [5.74, 6) is -0.181. The topological polar surface area (TPSA) is 85.2 Å². The first-order valence-corrected chi connectivity index (χ1v) is 9.72. The van der Waals surface area contributed by atoms with Crippen molar-refractivity contribution in [3.05, 3.63) is 83.7 Å². The molecule has 2 amide bonds. The lowest BCUT2D eigenvalue weighted by Gasteiger charge is -2.19. The first-order valence-electron chi connectivity index (χ1n) is 9.72. The maximum atomic E-state index is 12.4. The number of carbonyl (C=O) groups excluding carboxylic acids is 2. The van der Waals surface area contributed by atoms with Crippen LogP contribution in [0.5, 0.6) is 0 Å². The summed E-state index contributed by atoms with van der Waals surface area (Å²) in [7, 11) is 0. The van der Waals surface area contributed by atoms with Gasteiger partial charge in [0, 0.05) is 30.2 Å². The van der Waals surface area contributed by atoms with Crippen LogP contribution in [0.3, 0.4) is 0 Å². The molecule has 0 saturated heterocycles. The zero-order chi connectivity index (χ0) is 21.6. The molecular weight excluding hydrogens is 380 g/mol. The molecule has 0 fully saturated rings. The van der Waals surface area contributed by atoms with E-state index in [1.54, 1.807) is 51.2 Å². The van der Waals surface area contributed by atoms with E-state index in [1.807, 2.05) is 41.2 Å². The van der Waals surface area contributed by atoms with Gasteiger partial charge in [-0.2, -0.15) is 5.10 Å². The minimum Gasteiger partial charge on any atom is -0.444 e. The van der Waals surface area contributed by atoms with E-state index in [9.17, 15) is 9.59 Å². The van der Waals surface area contributed by atoms with E-state index in [0.29, 0.717) is 24.3 Å². The van der Waals surface area contributed by atoms with Crippen LogP contribution in [0.4, 0.5) is 10.5 Å². The molecule has 0 aliphatic heterocycles. The van der Waals surface area contributed by atoms with Crippen LogP contribution in [-0.4, -0.2) is 27.4 Å². The average Bonchev–Trinajstić information content (AvgIpc) is 3.19. The van der Waals surface area contributed by atoms with Crippen LogP contribution in [0.25, 0.3) is 0 Å². The Kier molecular flexibility index (Phi) is 6.51. The second kappa shape index (κ2) is 9.26. The lowest BCUT2D eigenvalue weighted by molar-refractivity contribution is 0.0635. The Morgan fingerprint density at radius 1 is 1.00 bits per heavy atom. The molecule has 1 heterocycles. The fourth-order valence-electron chi connectivity index (χ4n) is 2.75. The molecule has 0 saturated carbocycles.